The van der Waals surface area contributed by atoms with Crippen LogP contribution in [0.25, 0.3) is 0 Å². The monoisotopic (exact) mass is 299 g/mol. The highest BCUT2D eigenvalue weighted by Crippen LogP contribution is 2.33. The van der Waals surface area contributed by atoms with Crippen molar-refractivity contribution in [2.24, 2.45) is 0 Å². The summed E-state index contributed by atoms with van der Waals surface area (Å²) < 4.78 is 0. The number of nitrogens with zero attached hydrogens (tertiary/aromatic N) is 2. The summed E-state index contributed by atoms with van der Waals surface area (Å²) in [6.45, 7) is 1.38. The molecule has 0 bridgehead atoms. The number of benzene rings is 1. The van der Waals surface area contributed by atoms with E-state index in [1.165, 1.54) is 0 Å². The summed E-state index contributed by atoms with van der Waals surface area (Å²) in [4.78, 5) is 14.4. The lowest BCUT2D eigenvalue weighted by Gasteiger charge is -2.42. The van der Waals surface area contributed by atoms with Crippen molar-refractivity contribution in [2.45, 2.75) is 24.7 Å². The summed E-state index contributed by atoms with van der Waals surface area (Å²) in [5.74, 6) is 0.0812. The first-order valence-electron chi connectivity index (χ1n) is 7.66. The van der Waals surface area contributed by atoms with Crippen molar-refractivity contribution < 1.29 is 9.90 Å². The number of H-pyrrole nitrogens is 1. The van der Waals surface area contributed by atoms with Gasteiger partial charge in [0.2, 0.25) is 5.91 Å². The molecule has 1 aliphatic heterocycles. The SMILES string of the molecule is O=C(Cc1ccn[nH]1)N1CCCC(CO)(c2ccccc2)C1. The van der Waals surface area contributed by atoms with Crippen LogP contribution >= 0.6 is 0 Å². The van der Waals surface area contributed by atoms with Crippen LogP contribution in [0.1, 0.15) is 24.1 Å². The van der Waals surface area contributed by atoms with Gasteiger partial charge in [-0.15, -0.1) is 0 Å². The van der Waals surface area contributed by atoms with E-state index in [9.17, 15) is 9.90 Å². The van der Waals surface area contributed by atoms with Gasteiger partial charge in [0.15, 0.2) is 0 Å². The first kappa shape index (κ1) is 14.8. The van der Waals surface area contributed by atoms with Crippen LogP contribution in [0.4, 0.5) is 0 Å². The molecule has 22 heavy (non-hydrogen) atoms. The zero-order chi connectivity index (χ0) is 15.4. The van der Waals surface area contributed by atoms with Crippen LogP contribution in [0.2, 0.25) is 0 Å². The Bertz CT molecular complexity index is 612. The van der Waals surface area contributed by atoms with Gasteiger partial charge in [0, 0.05) is 30.4 Å². The molecule has 0 radical (unpaired) electrons. The van der Waals surface area contributed by atoms with Crippen molar-refractivity contribution in [1.29, 1.82) is 0 Å². The molecular weight excluding hydrogens is 278 g/mol. The molecule has 1 unspecified atom stereocenters. The number of hydrogen-bond acceptors (Lipinski definition) is 3. The fourth-order valence-electron chi connectivity index (χ4n) is 3.25. The van der Waals surface area contributed by atoms with Crippen molar-refractivity contribution >= 4 is 5.91 Å². The highest BCUT2D eigenvalue weighted by atomic mass is 16.3. The minimum Gasteiger partial charge on any atom is -0.395 e. The Labute approximate surface area is 130 Å². The van der Waals surface area contributed by atoms with Crippen LogP contribution in [0.3, 0.4) is 0 Å². The van der Waals surface area contributed by atoms with Gasteiger partial charge in [-0.25, -0.2) is 0 Å². The summed E-state index contributed by atoms with van der Waals surface area (Å²) in [7, 11) is 0. The molecule has 2 heterocycles. The van der Waals surface area contributed by atoms with Crippen molar-refractivity contribution in [3.63, 3.8) is 0 Å². The third kappa shape index (κ3) is 2.90. The van der Waals surface area contributed by atoms with E-state index in [1.54, 1.807) is 6.20 Å². The minimum absolute atomic E-state index is 0.0604. The molecular formula is C17H21N3O2. The number of aliphatic hydroxyl groups is 1. The van der Waals surface area contributed by atoms with Gasteiger partial charge in [-0.1, -0.05) is 30.3 Å². The zero-order valence-corrected chi connectivity index (χ0v) is 12.5. The number of amides is 1. The first-order chi connectivity index (χ1) is 10.7. The van der Waals surface area contributed by atoms with Crippen LogP contribution in [0, 0.1) is 0 Å². The number of piperidine rings is 1. The van der Waals surface area contributed by atoms with Gasteiger partial charge < -0.3 is 10.0 Å². The number of likely N-dealkylation sites (tertiary alicyclic amines) is 1. The number of aromatic amines is 1. The molecule has 3 rings (SSSR count). The number of hydrogen-bond donors (Lipinski definition) is 2. The van der Waals surface area contributed by atoms with Crippen LogP contribution in [-0.2, 0) is 16.6 Å². The average molecular weight is 299 g/mol. The Morgan fingerprint density at radius 3 is 2.82 bits per heavy atom. The number of carbonyl (C=O) groups excluding carboxylic acids is 1. The van der Waals surface area contributed by atoms with Gasteiger partial charge in [0.05, 0.1) is 13.0 Å². The number of aromatic nitrogens is 2. The van der Waals surface area contributed by atoms with Crippen molar-refractivity contribution in [1.82, 2.24) is 15.1 Å². The molecule has 0 aliphatic carbocycles. The standard InChI is InChI=1S/C17H21N3O2/c21-13-17(14-5-2-1-3-6-14)8-4-10-20(12-17)16(22)11-15-7-9-18-19-15/h1-3,5-7,9,21H,4,8,10-13H2,(H,18,19). The van der Waals surface area contributed by atoms with Crippen LogP contribution in [0.15, 0.2) is 42.6 Å². The third-order valence-electron chi connectivity index (χ3n) is 4.52. The summed E-state index contributed by atoms with van der Waals surface area (Å²) in [5, 5.41) is 16.7. The lowest BCUT2D eigenvalue weighted by atomic mass is 9.74. The Hall–Kier alpha value is -2.14. The van der Waals surface area contributed by atoms with Gasteiger partial charge in [-0.2, -0.15) is 5.10 Å². The van der Waals surface area contributed by atoms with Crippen molar-refractivity contribution in [2.75, 3.05) is 19.7 Å². The maximum atomic E-state index is 12.5. The van der Waals surface area contributed by atoms with Crippen molar-refractivity contribution in [3.05, 3.63) is 53.9 Å². The molecule has 2 N–H and O–H groups in total. The largest absolute Gasteiger partial charge is 0.395 e. The minimum atomic E-state index is -0.344. The van der Waals surface area contributed by atoms with E-state index in [4.69, 9.17) is 0 Å². The van der Waals surface area contributed by atoms with E-state index in [-0.39, 0.29) is 17.9 Å². The zero-order valence-electron chi connectivity index (χ0n) is 12.5. The second-order valence-electron chi connectivity index (χ2n) is 5.98. The maximum Gasteiger partial charge on any atom is 0.228 e. The first-order valence-corrected chi connectivity index (χ1v) is 7.66. The molecule has 1 saturated heterocycles. The van der Waals surface area contributed by atoms with E-state index in [0.29, 0.717) is 13.0 Å². The molecule has 5 heteroatoms. The molecule has 1 fully saturated rings. The predicted molar refractivity (Wildman–Crippen MR) is 83.3 cm³/mol. The molecule has 1 amide bonds. The van der Waals surface area contributed by atoms with Gasteiger partial charge in [-0.3, -0.25) is 9.89 Å². The second kappa shape index (κ2) is 6.32. The lowest BCUT2D eigenvalue weighted by molar-refractivity contribution is -0.133. The van der Waals surface area contributed by atoms with Crippen molar-refractivity contribution in [3.8, 4) is 0 Å². The van der Waals surface area contributed by atoms with E-state index in [2.05, 4.69) is 10.2 Å². The highest BCUT2D eigenvalue weighted by Gasteiger charge is 2.38. The maximum absolute atomic E-state index is 12.5. The van der Waals surface area contributed by atoms with Crippen LogP contribution in [-0.4, -0.2) is 45.8 Å². The van der Waals surface area contributed by atoms with Crippen LogP contribution in [0.5, 0.6) is 0 Å². The summed E-state index contributed by atoms with van der Waals surface area (Å²) in [5.41, 5.74) is 1.59. The van der Waals surface area contributed by atoms with Gasteiger partial charge in [0.25, 0.3) is 0 Å². The quantitative estimate of drug-likeness (QED) is 0.899. The van der Waals surface area contributed by atoms with E-state index in [0.717, 1.165) is 30.6 Å². The average Bonchev–Trinajstić information content (AvgIpc) is 3.08. The molecule has 116 valence electrons. The fourth-order valence-corrected chi connectivity index (χ4v) is 3.25. The molecule has 1 aliphatic rings. The fraction of sp³-hybridized carbons (Fsp3) is 0.412. The molecule has 0 spiro atoms. The summed E-state index contributed by atoms with van der Waals surface area (Å²) in [6.07, 6.45) is 3.79. The molecule has 1 aromatic heterocycles. The topological polar surface area (TPSA) is 69.2 Å². The van der Waals surface area contributed by atoms with Gasteiger partial charge >= 0.3 is 0 Å². The summed E-state index contributed by atoms with van der Waals surface area (Å²) >= 11 is 0. The Balaban J connectivity index is 1.76. The highest BCUT2D eigenvalue weighted by molar-refractivity contribution is 5.78. The lowest BCUT2D eigenvalue weighted by Crippen LogP contribution is -2.50. The van der Waals surface area contributed by atoms with E-state index in [1.807, 2.05) is 41.3 Å². The van der Waals surface area contributed by atoms with E-state index >= 15 is 0 Å². The molecule has 1 aromatic carbocycles. The smallest absolute Gasteiger partial charge is 0.228 e. The number of rotatable bonds is 4. The molecule has 1 atom stereocenters. The van der Waals surface area contributed by atoms with Gasteiger partial charge in [0.1, 0.15) is 0 Å². The number of nitrogens with one attached hydrogen (secondary N) is 1. The van der Waals surface area contributed by atoms with Gasteiger partial charge in [-0.05, 0) is 24.5 Å². The molecule has 0 saturated carbocycles. The summed E-state index contributed by atoms with van der Waals surface area (Å²) in [6, 6.07) is 11.8. The number of carbonyl (C=O) groups is 1. The number of aliphatic hydroxyl groups excluding tert-OH is 1. The molecule has 2 aromatic rings. The third-order valence-corrected chi connectivity index (χ3v) is 4.52. The molecule has 5 nitrogen and oxygen atoms in total. The Kier molecular flexibility index (Phi) is 4.24. The Morgan fingerprint density at radius 1 is 1.32 bits per heavy atom. The predicted octanol–water partition coefficient (Wildman–Crippen LogP) is 1.50. The normalized spacial score (nSPS) is 21.8. The van der Waals surface area contributed by atoms with E-state index < -0.39 is 0 Å². The second-order valence-corrected chi connectivity index (χ2v) is 5.98. The Morgan fingerprint density at radius 2 is 2.14 bits per heavy atom. The van der Waals surface area contributed by atoms with Crippen LogP contribution < -0.4 is 0 Å².